The van der Waals surface area contributed by atoms with E-state index in [9.17, 15) is 9.90 Å². The van der Waals surface area contributed by atoms with E-state index in [0.29, 0.717) is 10.6 Å². The summed E-state index contributed by atoms with van der Waals surface area (Å²) in [4.78, 5) is 10.4. The van der Waals surface area contributed by atoms with Crippen LogP contribution in [0.1, 0.15) is 10.4 Å². The summed E-state index contributed by atoms with van der Waals surface area (Å²) in [6.45, 7) is 0. The Balaban J connectivity index is 3.04. The van der Waals surface area contributed by atoms with E-state index >= 15 is 0 Å². The molecule has 1 aromatic rings. The smallest absolute Gasteiger partial charge is 0.279 e. The van der Waals surface area contributed by atoms with Crippen molar-refractivity contribution in [2.24, 2.45) is 5.73 Å². The molecule has 2 unspecified atom stereocenters. The molecule has 0 aliphatic carbocycles. The third-order valence-electron chi connectivity index (χ3n) is 2.17. The molecule has 0 saturated heterocycles. The van der Waals surface area contributed by atoms with Crippen LogP contribution >= 0.6 is 27.5 Å². The molecule has 1 amide bonds. The number of primary amides is 1. The highest BCUT2D eigenvalue weighted by Crippen LogP contribution is 2.35. The number of ether oxygens (including phenoxy) is 1. The topological polar surface area (TPSA) is 72.6 Å². The van der Waals surface area contributed by atoms with Crippen molar-refractivity contribution in [1.82, 2.24) is 0 Å². The Morgan fingerprint density at radius 3 is 2.44 bits per heavy atom. The number of benzene rings is 1. The van der Waals surface area contributed by atoms with E-state index in [-0.39, 0.29) is 0 Å². The Bertz CT molecular complexity index is 384. The van der Waals surface area contributed by atoms with Gasteiger partial charge >= 0.3 is 0 Å². The lowest BCUT2D eigenvalue weighted by molar-refractivity contribution is -0.193. The molecule has 16 heavy (non-hydrogen) atoms. The van der Waals surface area contributed by atoms with Gasteiger partial charge in [0.15, 0.2) is 0 Å². The van der Waals surface area contributed by atoms with Gasteiger partial charge in [0.25, 0.3) is 11.7 Å². The molecule has 1 rings (SSSR count). The number of carbonyl (C=O) groups excluding carboxylic acids is 1. The summed E-state index contributed by atoms with van der Waals surface area (Å²) in [5, 5.41) is 10.5. The van der Waals surface area contributed by atoms with Crippen molar-refractivity contribution in [2.45, 2.75) is 10.6 Å². The quantitative estimate of drug-likeness (QED) is 0.655. The molecule has 0 radical (unpaired) electrons. The van der Waals surface area contributed by atoms with Crippen LogP contribution in [0.5, 0.6) is 0 Å². The van der Waals surface area contributed by atoms with Crippen LogP contribution in [0.4, 0.5) is 0 Å². The van der Waals surface area contributed by atoms with Gasteiger partial charge in [-0.25, -0.2) is 0 Å². The third-order valence-corrected chi connectivity index (χ3v) is 3.57. The number of hydrogen-bond donors (Lipinski definition) is 2. The summed E-state index contributed by atoms with van der Waals surface area (Å²) < 4.78 is 4.75. The van der Waals surface area contributed by atoms with Crippen molar-refractivity contribution in [3.05, 3.63) is 34.9 Å². The van der Waals surface area contributed by atoms with Crippen molar-refractivity contribution >= 4 is 33.4 Å². The van der Waals surface area contributed by atoms with E-state index in [4.69, 9.17) is 22.1 Å². The molecular weight excluding hydrogens is 297 g/mol. The summed E-state index contributed by atoms with van der Waals surface area (Å²) >= 11 is 8.90. The molecule has 0 spiro atoms. The van der Waals surface area contributed by atoms with Crippen LogP contribution in [0.15, 0.2) is 24.3 Å². The summed E-state index contributed by atoms with van der Waals surface area (Å²) in [5.74, 6) is -3.06. The highest BCUT2D eigenvalue weighted by atomic mass is 79.9. The zero-order chi connectivity index (χ0) is 12.3. The van der Waals surface area contributed by atoms with Gasteiger partial charge in [0.05, 0.1) is 0 Å². The minimum Gasteiger partial charge on any atom is -0.365 e. The zero-order valence-corrected chi connectivity index (χ0v) is 10.8. The number of amides is 1. The lowest BCUT2D eigenvalue weighted by Gasteiger charge is -2.28. The Hall–Kier alpha value is -0.620. The fourth-order valence-corrected chi connectivity index (χ4v) is 2.03. The molecule has 0 aromatic heterocycles. The first kappa shape index (κ1) is 13.4. The number of alkyl halides is 1. The Labute approximate surface area is 106 Å². The highest BCUT2D eigenvalue weighted by molar-refractivity contribution is 9.09. The van der Waals surface area contributed by atoms with Crippen molar-refractivity contribution in [3.8, 4) is 0 Å². The normalized spacial score (nSPS) is 16.5. The average Bonchev–Trinajstić information content (AvgIpc) is 2.27. The molecule has 6 heteroatoms. The van der Waals surface area contributed by atoms with Crippen molar-refractivity contribution < 1.29 is 14.6 Å². The molecule has 3 N–H and O–H groups in total. The first-order chi connectivity index (χ1) is 7.41. The van der Waals surface area contributed by atoms with Gasteiger partial charge < -0.3 is 15.6 Å². The van der Waals surface area contributed by atoms with E-state index < -0.39 is 16.5 Å². The molecule has 0 heterocycles. The zero-order valence-electron chi connectivity index (χ0n) is 8.48. The Morgan fingerprint density at radius 2 is 2.06 bits per heavy atom. The molecule has 4 nitrogen and oxygen atoms in total. The van der Waals surface area contributed by atoms with Gasteiger partial charge in [-0.3, -0.25) is 4.79 Å². The standard InChI is InChI=1S/C10H11BrClNO3/c1-16-10(15,9(13)14)8(11)6-2-4-7(12)5-3-6/h2-5,8,15H,1H3,(H2,13,14). The van der Waals surface area contributed by atoms with Crippen LogP contribution in [0.2, 0.25) is 5.02 Å². The van der Waals surface area contributed by atoms with Crippen LogP contribution < -0.4 is 5.73 Å². The fraction of sp³-hybridized carbons (Fsp3) is 0.300. The fourth-order valence-electron chi connectivity index (χ4n) is 1.19. The SMILES string of the molecule is COC(O)(C(N)=O)C(Br)c1ccc(Cl)cc1. The van der Waals surface area contributed by atoms with Gasteiger partial charge in [0, 0.05) is 12.1 Å². The van der Waals surface area contributed by atoms with Crippen LogP contribution in [0.3, 0.4) is 0 Å². The van der Waals surface area contributed by atoms with Crippen molar-refractivity contribution in [3.63, 3.8) is 0 Å². The second kappa shape index (κ2) is 5.14. The summed E-state index contributed by atoms with van der Waals surface area (Å²) in [6, 6.07) is 6.60. The van der Waals surface area contributed by atoms with Gasteiger partial charge in [-0.1, -0.05) is 39.7 Å². The Morgan fingerprint density at radius 1 is 1.56 bits per heavy atom. The summed E-state index contributed by atoms with van der Waals surface area (Å²) in [7, 11) is 1.20. The lowest BCUT2D eigenvalue weighted by Crippen LogP contribution is -2.48. The minimum absolute atomic E-state index is 0.559. The van der Waals surface area contributed by atoms with Gasteiger partial charge in [-0.2, -0.15) is 0 Å². The minimum atomic E-state index is -2.09. The number of nitrogens with two attached hydrogens (primary N) is 1. The number of aliphatic hydroxyl groups is 1. The molecule has 0 aliphatic rings. The summed E-state index contributed by atoms with van der Waals surface area (Å²) in [5.41, 5.74) is 5.71. The second-order valence-corrected chi connectivity index (χ2v) is 4.53. The molecule has 0 bridgehead atoms. The van der Waals surface area contributed by atoms with Gasteiger partial charge in [0.2, 0.25) is 0 Å². The second-order valence-electron chi connectivity index (χ2n) is 3.18. The maximum atomic E-state index is 11.1. The highest BCUT2D eigenvalue weighted by Gasteiger charge is 2.42. The predicted octanol–water partition coefficient (Wildman–Crippen LogP) is 1.60. The van der Waals surface area contributed by atoms with Crippen molar-refractivity contribution in [2.75, 3.05) is 7.11 Å². The van der Waals surface area contributed by atoms with E-state index in [1.54, 1.807) is 24.3 Å². The van der Waals surface area contributed by atoms with Gasteiger partial charge in [-0.05, 0) is 17.7 Å². The molecule has 0 fully saturated rings. The number of carbonyl (C=O) groups is 1. The van der Waals surface area contributed by atoms with E-state index in [1.807, 2.05) is 0 Å². The number of methoxy groups -OCH3 is 1. The number of hydrogen-bond acceptors (Lipinski definition) is 3. The van der Waals surface area contributed by atoms with E-state index in [0.717, 1.165) is 0 Å². The maximum absolute atomic E-state index is 11.1. The van der Waals surface area contributed by atoms with E-state index in [2.05, 4.69) is 15.9 Å². The molecular formula is C10H11BrClNO3. The molecule has 88 valence electrons. The monoisotopic (exact) mass is 307 g/mol. The van der Waals surface area contributed by atoms with Crippen molar-refractivity contribution in [1.29, 1.82) is 0 Å². The number of rotatable bonds is 4. The third kappa shape index (κ3) is 2.55. The lowest BCUT2D eigenvalue weighted by atomic mass is 10.0. The molecule has 0 saturated carbocycles. The average molecular weight is 309 g/mol. The Kier molecular flexibility index (Phi) is 4.32. The first-order valence-corrected chi connectivity index (χ1v) is 5.68. The molecule has 0 aliphatic heterocycles. The maximum Gasteiger partial charge on any atom is 0.279 e. The van der Waals surface area contributed by atoms with E-state index in [1.165, 1.54) is 7.11 Å². The van der Waals surface area contributed by atoms with Crippen LogP contribution in [0, 0.1) is 0 Å². The van der Waals surface area contributed by atoms with Crippen LogP contribution in [-0.4, -0.2) is 23.9 Å². The van der Waals surface area contributed by atoms with Crippen LogP contribution in [0.25, 0.3) is 0 Å². The summed E-state index contributed by atoms with van der Waals surface area (Å²) in [6.07, 6.45) is 0. The first-order valence-electron chi connectivity index (χ1n) is 4.38. The van der Waals surface area contributed by atoms with Crippen LogP contribution in [-0.2, 0) is 9.53 Å². The predicted molar refractivity (Wildman–Crippen MR) is 64.3 cm³/mol. The largest absolute Gasteiger partial charge is 0.365 e. The number of halogens is 2. The molecule has 2 atom stereocenters. The van der Waals surface area contributed by atoms with Gasteiger partial charge in [-0.15, -0.1) is 0 Å². The molecule has 1 aromatic carbocycles. The van der Waals surface area contributed by atoms with Gasteiger partial charge in [0.1, 0.15) is 4.83 Å².